The van der Waals surface area contributed by atoms with Crippen molar-refractivity contribution in [3.8, 4) is 0 Å². The Kier molecular flexibility index (Phi) is 1.80. The average molecular weight is 111 g/mol. The quantitative estimate of drug-likeness (QED) is 0.512. The minimum absolute atomic E-state index is 0.649. The fraction of sp³-hybridized carbons (Fsp3) is 0.500. The SMILES string of the molecule is COCC1=NCC=C1. The Morgan fingerprint density at radius 1 is 1.88 bits per heavy atom. The number of ether oxygens (including phenoxy) is 1. The molecule has 0 aromatic heterocycles. The van der Waals surface area contributed by atoms with E-state index in [2.05, 4.69) is 4.99 Å². The van der Waals surface area contributed by atoms with Gasteiger partial charge in [-0.15, -0.1) is 0 Å². The van der Waals surface area contributed by atoms with Crippen LogP contribution in [0.2, 0.25) is 0 Å². The molecule has 0 N–H and O–H groups in total. The second-order valence-corrected chi connectivity index (χ2v) is 1.67. The summed E-state index contributed by atoms with van der Waals surface area (Å²) >= 11 is 0. The Morgan fingerprint density at radius 2 is 2.75 bits per heavy atom. The Morgan fingerprint density at radius 3 is 3.25 bits per heavy atom. The lowest BCUT2D eigenvalue weighted by molar-refractivity contribution is 0.246. The second-order valence-electron chi connectivity index (χ2n) is 1.67. The molecule has 1 heterocycles. The van der Waals surface area contributed by atoms with Crippen molar-refractivity contribution in [3.05, 3.63) is 12.2 Å². The standard InChI is InChI=1S/C6H9NO/c1-8-5-6-3-2-4-7-6/h2-3H,4-5H2,1H3. The van der Waals surface area contributed by atoms with Crippen LogP contribution < -0.4 is 0 Å². The molecule has 0 saturated carbocycles. The first-order valence-electron chi connectivity index (χ1n) is 2.62. The van der Waals surface area contributed by atoms with Crippen LogP contribution in [0.4, 0.5) is 0 Å². The third-order valence-electron chi connectivity index (χ3n) is 1.00. The lowest BCUT2D eigenvalue weighted by Gasteiger charge is -1.91. The number of methoxy groups -OCH3 is 1. The summed E-state index contributed by atoms with van der Waals surface area (Å²) in [6.45, 7) is 1.48. The zero-order valence-electron chi connectivity index (χ0n) is 4.92. The van der Waals surface area contributed by atoms with Crippen LogP contribution in [0.15, 0.2) is 17.1 Å². The van der Waals surface area contributed by atoms with Crippen molar-refractivity contribution in [1.29, 1.82) is 0 Å². The zero-order chi connectivity index (χ0) is 5.82. The molecule has 44 valence electrons. The fourth-order valence-electron chi connectivity index (χ4n) is 0.653. The summed E-state index contributed by atoms with van der Waals surface area (Å²) in [5, 5.41) is 0. The maximum absolute atomic E-state index is 4.84. The number of aliphatic imine (C=N–C) groups is 1. The number of hydrogen-bond acceptors (Lipinski definition) is 2. The summed E-state index contributed by atoms with van der Waals surface area (Å²) < 4.78 is 4.84. The molecule has 1 aliphatic rings. The van der Waals surface area contributed by atoms with Crippen molar-refractivity contribution < 1.29 is 4.74 Å². The van der Waals surface area contributed by atoms with E-state index >= 15 is 0 Å². The number of hydrogen-bond donors (Lipinski definition) is 0. The van der Waals surface area contributed by atoms with Crippen molar-refractivity contribution in [3.63, 3.8) is 0 Å². The van der Waals surface area contributed by atoms with Gasteiger partial charge in [-0.1, -0.05) is 6.08 Å². The molecule has 0 spiro atoms. The second kappa shape index (κ2) is 2.62. The molecule has 0 radical (unpaired) electrons. The molecule has 0 aliphatic carbocycles. The lowest BCUT2D eigenvalue weighted by atomic mass is 10.4. The van der Waals surface area contributed by atoms with E-state index in [-0.39, 0.29) is 0 Å². The molecule has 0 unspecified atom stereocenters. The first-order chi connectivity index (χ1) is 3.93. The van der Waals surface area contributed by atoms with Crippen molar-refractivity contribution in [2.24, 2.45) is 4.99 Å². The van der Waals surface area contributed by atoms with Crippen LogP contribution in [0, 0.1) is 0 Å². The highest BCUT2D eigenvalue weighted by molar-refractivity contribution is 5.97. The van der Waals surface area contributed by atoms with Crippen LogP contribution in [-0.2, 0) is 4.74 Å². The van der Waals surface area contributed by atoms with Gasteiger partial charge in [0.1, 0.15) is 0 Å². The molecule has 1 aliphatic heterocycles. The Balaban J connectivity index is 2.34. The van der Waals surface area contributed by atoms with E-state index in [0.29, 0.717) is 6.61 Å². The topological polar surface area (TPSA) is 21.6 Å². The Bertz CT molecular complexity index is 126. The van der Waals surface area contributed by atoms with E-state index in [1.54, 1.807) is 7.11 Å². The highest BCUT2D eigenvalue weighted by atomic mass is 16.5. The van der Waals surface area contributed by atoms with Crippen LogP contribution in [-0.4, -0.2) is 26.0 Å². The summed E-state index contributed by atoms with van der Waals surface area (Å²) in [6, 6.07) is 0. The van der Waals surface area contributed by atoms with Gasteiger partial charge in [-0.3, -0.25) is 4.99 Å². The largest absolute Gasteiger partial charge is 0.378 e. The monoisotopic (exact) mass is 111 g/mol. The first-order valence-corrected chi connectivity index (χ1v) is 2.62. The highest BCUT2D eigenvalue weighted by Crippen LogP contribution is 1.92. The van der Waals surface area contributed by atoms with Gasteiger partial charge in [0.2, 0.25) is 0 Å². The smallest absolute Gasteiger partial charge is 0.0879 e. The van der Waals surface area contributed by atoms with Gasteiger partial charge in [-0.05, 0) is 6.08 Å². The molecule has 0 amide bonds. The van der Waals surface area contributed by atoms with E-state index in [0.717, 1.165) is 12.3 Å². The maximum Gasteiger partial charge on any atom is 0.0879 e. The van der Waals surface area contributed by atoms with Crippen molar-refractivity contribution in [2.45, 2.75) is 0 Å². The number of rotatable bonds is 2. The summed E-state index contributed by atoms with van der Waals surface area (Å²) in [4.78, 5) is 4.11. The van der Waals surface area contributed by atoms with Crippen molar-refractivity contribution in [1.82, 2.24) is 0 Å². The average Bonchev–Trinajstić information content (AvgIpc) is 2.19. The van der Waals surface area contributed by atoms with Crippen LogP contribution >= 0.6 is 0 Å². The minimum atomic E-state index is 0.649. The molecule has 0 fully saturated rings. The van der Waals surface area contributed by atoms with Gasteiger partial charge in [-0.25, -0.2) is 0 Å². The molecule has 8 heavy (non-hydrogen) atoms. The zero-order valence-corrected chi connectivity index (χ0v) is 4.92. The molecule has 0 atom stereocenters. The third-order valence-corrected chi connectivity index (χ3v) is 1.00. The van der Waals surface area contributed by atoms with Gasteiger partial charge in [-0.2, -0.15) is 0 Å². The van der Waals surface area contributed by atoms with E-state index < -0.39 is 0 Å². The van der Waals surface area contributed by atoms with Crippen molar-refractivity contribution in [2.75, 3.05) is 20.3 Å². The van der Waals surface area contributed by atoms with Crippen LogP contribution in [0.25, 0.3) is 0 Å². The summed E-state index contributed by atoms with van der Waals surface area (Å²) in [5.41, 5.74) is 1.05. The summed E-state index contributed by atoms with van der Waals surface area (Å²) in [6.07, 6.45) is 4.01. The normalized spacial score (nSPS) is 16.9. The van der Waals surface area contributed by atoms with E-state index in [1.807, 2.05) is 12.2 Å². The molecule has 0 bridgehead atoms. The first kappa shape index (κ1) is 5.51. The molecular weight excluding hydrogens is 102 g/mol. The van der Waals surface area contributed by atoms with E-state index in [9.17, 15) is 0 Å². The third kappa shape index (κ3) is 1.17. The minimum Gasteiger partial charge on any atom is -0.378 e. The predicted octanol–water partition coefficient (Wildman–Crippen LogP) is 0.644. The van der Waals surface area contributed by atoms with Crippen LogP contribution in [0.3, 0.4) is 0 Å². The summed E-state index contributed by atoms with van der Waals surface area (Å²) in [7, 11) is 1.68. The van der Waals surface area contributed by atoms with Gasteiger partial charge in [0.25, 0.3) is 0 Å². The molecule has 2 nitrogen and oxygen atoms in total. The van der Waals surface area contributed by atoms with Crippen molar-refractivity contribution >= 4 is 5.71 Å². The molecule has 0 aromatic carbocycles. The van der Waals surface area contributed by atoms with Gasteiger partial charge >= 0.3 is 0 Å². The molecular formula is C6H9NO. The van der Waals surface area contributed by atoms with Crippen LogP contribution in [0.5, 0.6) is 0 Å². The van der Waals surface area contributed by atoms with Crippen LogP contribution in [0.1, 0.15) is 0 Å². The van der Waals surface area contributed by atoms with E-state index in [1.165, 1.54) is 0 Å². The number of nitrogens with zero attached hydrogens (tertiary/aromatic N) is 1. The fourth-order valence-corrected chi connectivity index (χ4v) is 0.653. The molecule has 0 aromatic rings. The highest BCUT2D eigenvalue weighted by Gasteiger charge is 1.95. The van der Waals surface area contributed by atoms with Gasteiger partial charge in [0.15, 0.2) is 0 Å². The van der Waals surface area contributed by atoms with Gasteiger partial charge in [0.05, 0.1) is 18.9 Å². The predicted molar refractivity (Wildman–Crippen MR) is 33.3 cm³/mol. The van der Waals surface area contributed by atoms with Gasteiger partial charge < -0.3 is 4.74 Å². The maximum atomic E-state index is 4.84. The molecule has 1 rings (SSSR count). The molecule has 2 heteroatoms. The lowest BCUT2D eigenvalue weighted by Crippen LogP contribution is -2.00. The Hall–Kier alpha value is -0.630. The summed E-state index contributed by atoms with van der Waals surface area (Å²) in [5.74, 6) is 0. The van der Waals surface area contributed by atoms with E-state index in [4.69, 9.17) is 4.74 Å². The van der Waals surface area contributed by atoms with Gasteiger partial charge in [0, 0.05) is 7.11 Å². The molecule has 0 saturated heterocycles. The Labute approximate surface area is 48.9 Å².